The van der Waals surface area contributed by atoms with Gasteiger partial charge in [0.15, 0.2) is 0 Å². The van der Waals surface area contributed by atoms with E-state index < -0.39 is 22.0 Å². The fourth-order valence-electron chi connectivity index (χ4n) is 2.89. The van der Waals surface area contributed by atoms with Crippen molar-refractivity contribution in [2.45, 2.75) is 84.7 Å². The van der Waals surface area contributed by atoms with E-state index in [0.717, 1.165) is 43.4 Å². The van der Waals surface area contributed by atoms with Gasteiger partial charge in [0.05, 0.1) is 15.9 Å². The summed E-state index contributed by atoms with van der Waals surface area (Å²) in [5.41, 5.74) is 2.43. The van der Waals surface area contributed by atoms with E-state index in [1.54, 1.807) is 0 Å². The van der Waals surface area contributed by atoms with Gasteiger partial charge < -0.3 is 9.29 Å². The predicted molar refractivity (Wildman–Crippen MR) is 102 cm³/mol. The summed E-state index contributed by atoms with van der Waals surface area (Å²) in [6, 6.07) is 6.20. The first kappa shape index (κ1) is 25.9. The Hall–Kier alpha value is -0.0700. The van der Waals surface area contributed by atoms with Crippen molar-refractivity contribution in [2.24, 2.45) is 0 Å². The van der Waals surface area contributed by atoms with E-state index in [9.17, 15) is 13.0 Å². The smallest absolute Gasteiger partial charge is 0.748 e. The Morgan fingerprint density at radius 1 is 1.00 bits per heavy atom. The number of unbranched alkanes of at least 4 members (excludes halogenated alkanes) is 4. The average Bonchev–Trinajstić information content (AvgIpc) is 2.55. The minimum Gasteiger partial charge on any atom is -0.748 e. The van der Waals surface area contributed by atoms with Crippen molar-refractivity contribution in [1.29, 1.82) is 0 Å². The third kappa shape index (κ3) is 10.9. The van der Waals surface area contributed by atoms with Gasteiger partial charge in [0.1, 0.15) is 11.9 Å². The Balaban J connectivity index is 0.00000625. The van der Waals surface area contributed by atoms with Crippen LogP contribution < -0.4 is 34.3 Å². The fourth-order valence-corrected chi connectivity index (χ4v) is 3.64. The van der Waals surface area contributed by atoms with Gasteiger partial charge in [-0.3, -0.25) is 0 Å². The predicted octanol–water partition coefficient (Wildman–Crippen LogP) is 1.86. The maximum Gasteiger partial charge on any atom is 1.00 e. The second-order valence-corrected chi connectivity index (χ2v) is 8.18. The molecule has 0 fully saturated rings. The summed E-state index contributed by atoms with van der Waals surface area (Å²) < 4.78 is 39.1. The molecular weight excluding hydrogens is 359 g/mol. The largest absolute Gasteiger partial charge is 1.00 e. The molecule has 1 unspecified atom stereocenters. The van der Waals surface area contributed by atoms with Crippen molar-refractivity contribution in [3.63, 3.8) is 0 Å². The molecule has 1 atom stereocenters. The molecule has 144 valence electrons. The summed E-state index contributed by atoms with van der Waals surface area (Å²) in [6.07, 6.45) is 8.89. The number of benzene rings is 1. The number of aryl methyl sites for hydroxylation is 2. The summed E-state index contributed by atoms with van der Waals surface area (Å²) in [4.78, 5) is 0. The van der Waals surface area contributed by atoms with Gasteiger partial charge in [-0.25, -0.2) is 8.42 Å². The van der Waals surface area contributed by atoms with Crippen LogP contribution in [0.4, 0.5) is 0 Å². The second kappa shape index (κ2) is 14.0. The van der Waals surface area contributed by atoms with Crippen LogP contribution in [0.1, 0.15) is 76.8 Å². The number of hydrogen-bond acceptors (Lipinski definition) is 4. The van der Waals surface area contributed by atoms with E-state index in [4.69, 9.17) is 4.74 Å². The molecule has 0 saturated carbocycles. The zero-order chi connectivity index (χ0) is 18.7. The third-order valence-electron chi connectivity index (χ3n) is 4.38. The van der Waals surface area contributed by atoms with Crippen LogP contribution in [0.5, 0.6) is 5.75 Å². The fraction of sp³-hybridized carbons (Fsp3) is 0.700. The van der Waals surface area contributed by atoms with Crippen LogP contribution in [0, 0.1) is 0 Å². The molecule has 1 aromatic carbocycles. The monoisotopic (exact) mass is 392 g/mol. The molecule has 1 rings (SSSR count). The van der Waals surface area contributed by atoms with E-state index in [0.29, 0.717) is 6.42 Å². The van der Waals surface area contributed by atoms with Crippen molar-refractivity contribution >= 4 is 10.1 Å². The summed E-state index contributed by atoms with van der Waals surface area (Å²) >= 11 is 0. The normalized spacial score (nSPS) is 12.5. The Kier molecular flexibility index (Phi) is 14.0. The molecule has 0 saturated heterocycles. The standard InChI is InChI=1S/C20H34O4S.Na/c1-4-7-9-11-17-13-14-20(18(15-17)12-10-8-5-2)24-19(6-3)16-25(21,22)23;/h13-15,19H,4-12,16H2,1-3H3,(H,21,22,23);/q;+1/p-1. The quantitative estimate of drug-likeness (QED) is 0.292. The van der Waals surface area contributed by atoms with Crippen LogP contribution in [-0.4, -0.2) is 24.8 Å². The van der Waals surface area contributed by atoms with E-state index in [1.165, 1.54) is 24.8 Å². The van der Waals surface area contributed by atoms with Crippen LogP contribution >= 0.6 is 0 Å². The molecule has 0 amide bonds. The van der Waals surface area contributed by atoms with Crippen molar-refractivity contribution in [2.75, 3.05) is 5.75 Å². The van der Waals surface area contributed by atoms with Crippen molar-refractivity contribution in [1.82, 2.24) is 0 Å². The SMILES string of the molecule is CCCCCc1ccc(OC(CC)CS(=O)(=O)[O-])c(CCCCC)c1.[Na+]. The molecule has 0 heterocycles. The molecular formula is C20H33NaO4S. The molecule has 0 aliphatic carbocycles. The summed E-state index contributed by atoms with van der Waals surface area (Å²) in [5.74, 6) is 0.252. The topological polar surface area (TPSA) is 66.4 Å². The van der Waals surface area contributed by atoms with Gasteiger partial charge >= 0.3 is 29.6 Å². The van der Waals surface area contributed by atoms with Crippen LogP contribution in [0.2, 0.25) is 0 Å². The minimum absolute atomic E-state index is 0. The van der Waals surface area contributed by atoms with Gasteiger partial charge in [0.25, 0.3) is 0 Å². The molecule has 26 heavy (non-hydrogen) atoms. The van der Waals surface area contributed by atoms with Crippen molar-refractivity contribution < 1.29 is 47.3 Å². The Labute approximate surface area is 182 Å². The number of rotatable bonds is 13. The molecule has 0 aromatic heterocycles. The van der Waals surface area contributed by atoms with E-state index in [1.807, 2.05) is 13.0 Å². The van der Waals surface area contributed by atoms with Crippen molar-refractivity contribution in [3.8, 4) is 5.75 Å². The third-order valence-corrected chi connectivity index (χ3v) is 5.16. The van der Waals surface area contributed by atoms with E-state index in [-0.39, 0.29) is 29.6 Å². The molecule has 1 aromatic rings. The van der Waals surface area contributed by atoms with Crippen LogP contribution in [0.3, 0.4) is 0 Å². The van der Waals surface area contributed by atoms with Crippen LogP contribution in [0.15, 0.2) is 18.2 Å². The van der Waals surface area contributed by atoms with Gasteiger partial charge in [-0.15, -0.1) is 0 Å². The molecule has 0 N–H and O–H groups in total. The zero-order valence-corrected chi connectivity index (χ0v) is 19.7. The molecule has 4 nitrogen and oxygen atoms in total. The Morgan fingerprint density at radius 3 is 2.15 bits per heavy atom. The van der Waals surface area contributed by atoms with Crippen LogP contribution in [0.25, 0.3) is 0 Å². The molecule has 0 spiro atoms. The molecule has 0 bridgehead atoms. The van der Waals surface area contributed by atoms with Gasteiger partial charge in [0, 0.05) is 0 Å². The summed E-state index contributed by atoms with van der Waals surface area (Å²) in [5, 5.41) is 0. The second-order valence-electron chi connectivity index (χ2n) is 6.73. The maximum absolute atomic E-state index is 11.1. The van der Waals surface area contributed by atoms with Gasteiger partial charge in [-0.05, 0) is 49.3 Å². The summed E-state index contributed by atoms with van der Waals surface area (Å²) in [6.45, 7) is 6.21. The molecule has 0 aliphatic rings. The molecule has 0 aliphatic heterocycles. The zero-order valence-electron chi connectivity index (χ0n) is 16.9. The van der Waals surface area contributed by atoms with Gasteiger partial charge in [0.2, 0.25) is 0 Å². The first-order chi connectivity index (χ1) is 11.9. The van der Waals surface area contributed by atoms with Crippen molar-refractivity contribution in [3.05, 3.63) is 29.3 Å². The minimum atomic E-state index is -4.29. The van der Waals surface area contributed by atoms with Crippen LogP contribution in [-0.2, 0) is 23.0 Å². The summed E-state index contributed by atoms with van der Waals surface area (Å²) in [7, 11) is -4.29. The Morgan fingerprint density at radius 2 is 1.62 bits per heavy atom. The first-order valence-electron chi connectivity index (χ1n) is 9.61. The molecule has 0 radical (unpaired) electrons. The first-order valence-corrected chi connectivity index (χ1v) is 11.2. The maximum atomic E-state index is 11.1. The Bertz CT molecular complexity index is 602. The average molecular weight is 393 g/mol. The number of hydrogen-bond donors (Lipinski definition) is 0. The van der Waals surface area contributed by atoms with E-state index in [2.05, 4.69) is 26.0 Å². The number of ether oxygens (including phenoxy) is 1. The van der Waals surface area contributed by atoms with E-state index >= 15 is 0 Å². The van der Waals surface area contributed by atoms with Gasteiger partial charge in [-0.2, -0.15) is 0 Å². The van der Waals surface area contributed by atoms with Gasteiger partial charge in [-0.1, -0.05) is 58.6 Å². The molecule has 6 heteroatoms.